The molecular weight excluding hydrogens is 378 g/mol. The van der Waals surface area contributed by atoms with Crippen molar-refractivity contribution in [1.82, 2.24) is 24.9 Å². The Morgan fingerprint density at radius 3 is 2.57 bits per heavy atom. The number of rotatable bonds is 4. The van der Waals surface area contributed by atoms with Crippen LogP contribution in [0.4, 0.5) is 0 Å². The number of nitrogens with zero attached hydrogens (tertiary/aromatic N) is 4. The Bertz CT molecular complexity index is 851. The Balaban J connectivity index is 0.00000225. The molecule has 2 aliphatic heterocycles. The average molecular weight is 404 g/mol. The van der Waals surface area contributed by atoms with E-state index in [0.717, 1.165) is 51.3 Å². The van der Waals surface area contributed by atoms with Crippen molar-refractivity contribution in [2.45, 2.75) is 19.0 Å². The van der Waals surface area contributed by atoms with E-state index in [-0.39, 0.29) is 23.9 Å². The van der Waals surface area contributed by atoms with Gasteiger partial charge in [-0.25, -0.2) is 4.68 Å². The normalized spacial score (nSPS) is 20.0. The van der Waals surface area contributed by atoms with E-state index in [9.17, 15) is 9.59 Å². The lowest BCUT2D eigenvalue weighted by molar-refractivity contribution is 0.0765. The Hall–Kier alpha value is -2.22. The molecule has 2 saturated heterocycles. The molecule has 8 heteroatoms. The van der Waals surface area contributed by atoms with Gasteiger partial charge in [0.15, 0.2) is 0 Å². The maximum atomic E-state index is 12.9. The Morgan fingerprint density at radius 1 is 1.07 bits per heavy atom. The third-order valence-electron chi connectivity index (χ3n) is 5.38. The standard InChI is InChI=1S/C20H25N5O2.ClH/c26-19-7-6-18(22-25(19)14-16-4-2-1-3-5-16)20(27)24-11-8-17(15-24)23-12-9-21-10-13-23;/h1-7,17,21H,8-15H2;1H. The molecule has 2 aliphatic rings. The first-order valence-electron chi connectivity index (χ1n) is 9.57. The van der Waals surface area contributed by atoms with Crippen LogP contribution >= 0.6 is 12.4 Å². The summed E-state index contributed by atoms with van der Waals surface area (Å²) in [6.07, 6.45) is 0.995. The highest BCUT2D eigenvalue weighted by Gasteiger charge is 2.32. The van der Waals surface area contributed by atoms with Crippen LogP contribution in [0.2, 0.25) is 0 Å². The van der Waals surface area contributed by atoms with Crippen LogP contribution in [0.3, 0.4) is 0 Å². The van der Waals surface area contributed by atoms with Crippen LogP contribution < -0.4 is 10.9 Å². The Labute approximate surface area is 170 Å². The summed E-state index contributed by atoms with van der Waals surface area (Å²) in [5, 5.41) is 7.70. The fraction of sp³-hybridized carbons (Fsp3) is 0.450. The van der Waals surface area contributed by atoms with E-state index in [1.807, 2.05) is 35.2 Å². The molecule has 1 aromatic heterocycles. The molecule has 1 amide bonds. The maximum Gasteiger partial charge on any atom is 0.274 e. The second-order valence-corrected chi connectivity index (χ2v) is 7.18. The third kappa shape index (κ3) is 4.60. The number of nitrogens with one attached hydrogen (secondary N) is 1. The predicted octanol–water partition coefficient (Wildman–Crippen LogP) is 0.833. The van der Waals surface area contributed by atoms with Crippen LogP contribution in [0.1, 0.15) is 22.5 Å². The molecule has 28 heavy (non-hydrogen) atoms. The molecule has 1 aromatic carbocycles. The highest BCUT2D eigenvalue weighted by molar-refractivity contribution is 5.92. The smallest absolute Gasteiger partial charge is 0.274 e. The van der Waals surface area contributed by atoms with Crippen LogP contribution in [0, 0.1) is 0 Å². The number of halogens is 1. The van der Waals surface area contributed by atoms with E-state index in [2.05, 4.69) is 15.3 Å². The van der Waals surface area contributed by atoms with Crippen molar-refractivity contribution in [2.75, 3.05) is 39.3 Å². The molecule has 1 atom stereocenters. The van der Waals surface area contributed by atoms with Gasteiger partial charge in [0.25, 0.3) is 11.5 Å². The zero-order chi connectivity index (χ0) is 18.6. The van der Waals surface area contributed by atoms with E-state index in [0.29, 0.717) is 18.3 Å². The van der Waals surface area contributed by atoms with Crippen LogP contribution in [-0.2, 0) is 6.54 Å². The maximum absolute atomic E-state index is 12.9. The average Bonchev–Trinajstić information content (AvgIpc) is 3.21. The molecule has 150 valence electrons. The summed E-state index contributed by atoms with van der Waals surface area (Å²) >= 11 is 0. The molecule has 2 fully saturated rings. The van der Waals surface area contributed by atoms with Gasteiger partial charge in [-0.1, -0.05) is 30.3 Å². The van der Waals surface area contributed by atoms with Gasteiger partial charge < -0.3 is 10.2 Å². The Kier molecular flexibility index (Phi) is 6.83. The predicted molar refractivity (Wildman–Crippen MR) is 110 cm³/mol. The molecular formula is C20H26ClN5O2. The number of carbonyl (C=O) groups excluding carboxylic acids is 1. The minimum atomic E-state index is -0.199. The SMILES string of the molecule is Cl.O=C(c1ccc(=O)n(Cc2ccccc2)n1)N1CCC(N2CCNCC2)C1. The van der Waals surface area contributed by atoms with Gasteiger partial charge in [0.1, 0.15) is 5.69 Å². The molecule has 1 unspecified atom stereocenters. The van der Waals surface area contributed by atoms with Gasteiger partial charge in [0.2, 0.25) is 0 Å². The highest BCUT2D eigenvalue weighted by Crippen LogP contribution is 2.18. The van der Waals surface area contributed by atoms with E-state index in [4.69, 9.17) is 0 Å². The van der Waals surface area contributed by atoms with Crippen LogP contribution in [0.5, 0.6) is 0 Å². The van der Waals surface area contributed by atoms with Crippen molar-refractivity contribution in [3.8, 4) is 0 Å². The quantitative estimate of drug-likeness (QED) is 0.819. The zero-order valence-electron chi connectivity index (χ0n) is 15.8. The highest BCUT2D eigenvalue weighted by atomic mass is 35.5. The molecule has 0 spiro atoms. The van der Waals surface area contributed by atoms with Crippen molar-refractivity contribution >= 4 is 18.3 Å². The fourth-order valence-corrected chi connectivity index (χ4v) is 3.87. The third-order valence-corrected chi connectivity index (χ3v) is 5.38. The van der Waals surface area contributed by atoms with Crippen LogP contribution in [-0.4, -0.2) is 70.8 Å². The first-order chi connectivity index (χ1) is 13.2. The molecule has 0 saturated carbocycles. The van der Waals surface area contributed by atoms with Gasteiger partial charge in [0, 0.05) is 51.4 Å². The number of benzene rings is 1. The molecule has 2 aromatic rings. The van der Waals surface area contributed by atoms with E-state index in [1.54, 1.807) is 6.07 Å². The number of amides is 1. The molecule has 4 rings (SSSR count). The van der Waals surface area contributed by atoms with E-state index < -0.39 is 0 Å². The molecule has 0 aliphatic carbocycles. The molecule has 1 N–H and O–H groups in total. The fourth-order valence-electron chi connectivity index (χ4n) is 3.87. The Morgan fingerprint density at radius 2 is 1.82 bits per heavy atom. The summed E-state index contributed by atoms with van der Waals surface area (Å²) < 4.78 is 1.37. The molecule has 0 bridgehead atoms. The summed E-state index contributed by atoms with van der Waals surface area (Å²) in [5.41, 5.74) is 1.12. The first-order valence-corrected chi connectivity index (χ1v) is 9.57. The summed E-state index contributed by atoms with van der Waals surface area (Å²) in [6.45, 7) is 5.93. The second-order valence-electron chi connectivity index (χ2n) is 7.18. The van der Waals surface area contributed by atoms with Gasteiger partial charge in [-0.15, -0.1) is 12.4 Å². The minimum Gasteiger partial charge on any atom is -0.336 e. The summed E-state index contributed by atoms with van der Waals surface area (Å²) in [7, 11) is 0. The number of hydrogen-bond acceptors (Lipinski definition) is 5. The van der Waals surface area contributed by atoms with Crippen molar-refractivity contribution in [1.29, 1.82) is 0 Å². The number of piperazine rings is 1. The van der Waals surface area contributed by atoms with Gasteiger partial charge >= 0.3 is 0 Å². The first kappa shape index (κ1) is 20.5. The molecule has 3 heterocycles. The van der Waals surface area contributed by atoms with Crippen molar-refractivity contribution in [2.24, 2.45) is 0 Å². The van der Waals surface area contributed by atoms with Crippen molar-refractivity contribution < 1.29 is 4.79 Å². The largest absolute Gasteiger partial charge is 0.336 e. The van der Waals surface area contributed by atoms with Crippen LogP contribution in [0.15, 0.2) is 47.3 Å². The topological polar surface area (TPSA) is 70.5 Å². The second kappa shape index (κ2) is 9.32. The van der Waals surface area contributed by atoms with Crippen LogP contribution in [0.25, 0.3) is 0 Å². The van der Waals surface area contributed by atoms with Gasteiger partial charge in [-0.05, 0) is 18.1 Å². The van der Waals surface area contributed by atoms with Gasteiger partial charge in [-0.3, -0.25) is 14.5 Å². The minimum absolute atomic E-state index is 0. The summed E-state index contributed by atoms with van der Waals surface area (Å²) in [4.78, 5) is 29.4. The van der Waals surface area contributed by atoms with Crippen molar-refractivity contribution in [3.63, 3.8) is 0 Å². The summed E-state index contributed by atoms with van der Waals surface area (Å²) in [6, 6.07) is 13.1. The monoisotopic (exact) mass is 403 g/mol. The van der Waals surface area contributed by atoms with Crippen molar-refractivity contribution in [3.05, 3.63) is 64.1 Å². The van der Waals surface area contributed by atoms with Gasteiger partial charge in [-0.2, -0.15) is 5.10 Å². The number of aromatic nitrogens is 2. The lowest BCUT2D eigenvalue weighted by Gasteiger charge is -2.32. The molecule has 0 radical (unpaired) electrons. The lowest BCUT2D eigenvalue weighted by Crippen LogP contribution is -2.49. The van der Waals surface area contributed by atoms with E-state index in [1.165, 1.54) is 10.7 Å². The zero-order valence-corrected chi connectivity index (χ0v) is 16.6. The number of likely N-dealkylation sites (tertiary alicyclic amines) is 1. The number of carbonyl (C=O) groups is 1. The lowest BCUT2D eigenvalue weighted by atomic mass is 10.2. The van der Waals surface area contributed by atoms with Gasteiger partial charge in [0.05, 0.1) is 6.54 Å². The molecule has 7 nitrogen and oxygen atoms in total. The number of hydrogen-bond donors (Lipinski definition) is 1. The summed E-state index contributed by atoms with van der Waals surface area (Å²) in [5.74, 6) is -0.0885. The van der Waals surface area contributed by atoms with E-state index >= 15 is 0 Å².